The predicted octanol–water partition coefficient (Wildman–Crippen LogP) is 1.58. The first-order chi connectivity index (χ1) is 5.77. The summed E-state index contributed by atoms with van der Waals surface area (Å²) < 4.78 is 0. The Kier molecular flexibility index (Phi) is 1.57. The van der Waals surface area contributed by atoms with Crippen LogP contribution in [0.4, 0.5) is 5.95 Å². The Bertz CT molecular complexity index is 331. The van der Waals surface area contributed by atoms with Gasteiger partial charge in [0.25, 0.3) is 0 Å². The number of rotatable bonds is 0. The molecule has 0 bridgehead atoms. The molecule has 1 aliphatic rings. The SMILES string of the molecule is CC1CC=Cc2cnc(N)nc21. The van der Waals surface area contributed by atoms with Crippen LogP contribution in [0.25, 0.3) is 6.08 Å². The summed E-state index contributed by atoms with van der Waals surface area (Å²) in [6, 6.07) is 0. The molecule has 62 valence electrons. The summed E-state index contributed by atoms with van der Waals surface area (Å²) in [6.07, 6.45) is 7.02. The van der Waals surface area contributed by atoms with Gasteiger partial charge in [0.1, 0.15) is 0 Å². The molecule has 0 aromatic carbocycles. The zero-order chi connectivity index (χ0) is 8.55. The third-order valence-electron chi connectivity index (χ3n) is 2.12. The monoisotopic (exact) mass is 161 g/mol. The number of allylic oxidation sites excluding steroid dienone is 1. The molecular weight excluding hydrogens is 150 g/mol. The van der Waals surface area contributed by atoms with Gasteiger partial charge in [0, 0.05) is 17.7 Å². The van der Waals surface area contributed by atoms with Crippen LogP contribution in [-0.4, -0.2) is 9.97 Å². The van der Waals surface area contributed by atoms with Crippen molar-refractivity contribution in [3.05, 3.63) is 23.5 Å². The molecule has 1 aromatic rings. The molecule has 1 heterocycles. The van der Waals surface area contributed by atoms with E-state index in [-0.39, 0.29) is 0 Å². The van der Waals surface area contributed by atoms with Crippen molar-refractivity contribution in [2.24, 2.45) is 0 Å². The van der Waals surface area contributed by atoms with E-state index in [9.17, 15) is 0 Å². The van der Waals surface area contributed by atoms with Crippen molar-refractivity contribution in [2.45, 2.75) is 19.3 Å². The topological polar surface area (TPSA) is 51.8 Å². The van der Waals surface area contributed by atoms with Crippen LogP contribution in [0.1, 0.15) is 30.5 Å². The number of nitrogens with zero attached hydrogens (tertiary/aromatic N) is 2. The van der Waals surface area contributed by atoms with Crippen LogP contribution < -0.4 is 5.73 Å². The van der Waals surface area contributed by atoms with Crippen molar-refractivity contribution in [3.8, 4) is 0 Å². The first-order valence-corrected chi connectivity index (χ1v) is 4.06. The van der Waals surface area contributed by atoms with Gasteiger partial charge in [-0.25, -0.2) is 9.97 Å². The Hall–Kier alpha value is -1.38. The fourth-order valence-electron chi connectivity index (χ4n) is 1.45. The average Bonchev–Trinajstić information content (AvgIpc) is 2.07. The van der Waals surface area contributed by atoms with Gasteiger partial charge in [-0.1, -0.05) is 19.1 Å². The average molecular weight is 161 g/mol. The predicted molar refractivity (Wildman–Crippen MR) is 48.5 cm³/mol. The molecule has 1 atom stereocenters. The summed E-state index contributed by atoms with van der Waals surface area (Å²) in [7, 11) is 0. The molecule has 3 heteroatoms. The molecule has 1 aliphatic carbocycles. The van der Waals surface area contributed by atoms with E-state index in [1.807, 2.05) is 0 Å². The zero-order valence-corrected chi connectivity index (χ0v) is 6.99. The standard InChI is InChI=1S/C9H11N3/c1-6-3-2-4-7-5-11-9(10)12-8(6)7/h2,4-6H,3H2,1H3,(H2,10,11,12). The van der Waals surface area contributed by atoms with E-state index in [4.69, 9.17) is 5.73 Å². The van der Waals surface area contributed by atoms with Crippen LogP contribution in [0.2, 0.25) is 0 Å². The molecule has 0 spiro atoms. The minimum atomic E-state index is 0.371. The highest BCUT2D eigenvalue weighted by molar-refractivity contribution is 5.55. The van der Waals surface area contributed by atoms with Crippen molar-refractivity contribution in [1.29, 1.82) is 0 Å². The molecule has 0 saturated carbocycles. The third-order valence-corrected chi connectivity index (χ3v) is 2.12. The lowest BCUT2D eigenvalue weighted by molar-refractivity contribution is 0.736. The smallest absolute Gasteiger partial charge is 0.220 e. The van der Waals surface area contributed by atoms with Crippen LogP contribution in [0.3, 0.4) is 0 Å². The quantitative estimate of drug-likeness (QED) is 0.628. The van der Waals surface area contributed by atoms with Gasteiger partial charge in [-0.15, -0.1) is 0 Å². The number of nitrogen functional groups attached to an aromatic ring is 1. The molecule has 2 rings (SSSR count). The Morgan fingerprint density at radius 1 is 1.58 bits per heavy atom. The number of hydrogen-bond acceptors (Lipinski definition) is 3. The second-order valence-electron chi connectivity index (χ2n) is 3.11. The molecule has 0 radical (unpaired) electrons. The summed E-state index contributed by atoms with van der Waals surface area (Å²) in [5, 5.41) is 0. The number of hydrogen-bond donors (Lipinski definition) is 1. The van der Waals surface area contributed by atoms with E-state index >= 15 is 0 Å². The van der Waals surface area contributed by atoms with Gasteiger partial charge in [0.2, 0.25) is 5.95 Å². The third kappa shape index (κ3) is 1.07. The van der Waals surface area contributed by atoms with Gasteiger partial charge >= 0.3 is 0 Å². The van der Waals surface area contributed by atoms with E-state index in [1.165, 1.54) is 0 Å². The highest BCUT2D eigenvalue weighted by Gasteiger charge is 2.14. The van der Waals surface area contributed by atoms with Crippen molar-refractivity contribution in [1.82, 2.24) is 9.97 Å². The lowest BCUT2D eigenvalue weighted by Gasteiger charge is -2.15. The Balaban J connectivity index is 2.56. The molecule has 0 aliphatic heterocycles. The molecule has 0 saturated heterocycles. The molecule has 3 nitrogen and oxygen atoms in total. The minimum Gasteiger partial charge on any atom is -0.368 e. The summed E-state index contributed by atoms with van der Waals surface area (Å²) in [5.74, 6) is 0.839. The highest BCUT2D eigenvalue weighted by atomic mass is 15.0. The van der Waals surface area contributed by atoms with Crippen molar-refractivity contribution in [3.63, 3.8) is 0 Å². The molecule has 1 unspecified atom stereocenters. The maximum atomic E-state index is 5.50. The van der Waals surface area contributed by atoms with Gasteiger partial charge in [-0.05, 0) is 6.42 Å². The fraction of sp³-hybridized carbons (Fsp3) is 0.333. The van der Waals surface area contributed by atoms with Crippen molar-refractivity contribution >= 4 is 12.0 Å². The minimum absolute atomic E-state index is 0.371. The van der Waals surface area contributed by atoms with Crippen LogP contribution >= 0.6 is 0 Å². The van der Waals surface area contributed by atoms with Crippen LogP contribution in [0.15, 0.2) is 12.3 Å². The normalized spacial score (nSPS) is 20.6. The summed E-state index contributed by atoms with van der Waals surface area (Å²) >= 11 is 0. The number of anilines is 1. The van der Waals surface area contributed by atoms with Crippen molar-refractivity contribution in [2.75, 3.05) is 5.73 Å². The largest absolute Gasteiger partial charge is 0.368 e. The van der Waals surface area contributed by atoms with E-state index in [0.29, 0.717) is 11.9 Å². The Labute approximate surface area is 71.3 Å². The van der Waals surface area contributed by atoms with Crippen molar-refractivity contribution < 1.29 is 0 Å². The summed E-state index contributed by atoms with van der Waals surface area (Å²) in [6.45, 7) is 2.15. The van der Waals surface area contributed by atoms with Crippen LogP contribution in [-0.2, 0) is 0 Å². The van der Waals surface area contributed by atoms with E-state index in [0.717, 1.165) is 17.7 Å². The second-order valence-corrected chi connectivity index (χ2v) is 3.11. The molecule has 0 fully saturated rings. The van der Waals surface area contributed by atoms with Gasteiger partial charge in [0.15, 0.2) is 0 Å². The summed E-state index contributed by atoms with van der Waals surface area (Å²) in [4.78, 5) is 8.15. The fourth-order valence-corrected chi connectivity index (χ4v) is 1.45. The lowest BCUT2D eigenvalue weighted by atomic mass is 9.94. The van der Waals surface area contributed by atoms with Gasteiger partial charge in [-0.3, -0.25) is 0 Å². The van der Waals surface area contributed by atoms with E-state index in [1.54, 1.807) is 6.20 Å². The number of nitrogens with two attached hydrogens (primary N) is 1. The molecular formula is C9H11N3. The van der Waals surface area contributed by atoms with Gasteiger partial charge in [-0.2, -0.15) is 0 Å². The van der Waals surface area contributed by atoms with Crippen LogP contribution in [0, 0.1) is 0 Å². The lowest BCUT2D eigenvalue weighted by Crippen LogP contribution is -2.06. The molecule has 1 aromatic heterocycles. The van der Waals surface area contributed by atoms with Gasteiger partial charge in [0.05, 0.1) is 5.69 Å². The van der Waals surface area contributed by atoms with Gasteiger partial charge < -0.3 is 5.73 Å². The first-order valence-electron chi connectivity index (χ1n) is 4.06. The molecule has 0 amide bonds. The second kappa shape index (κ2) is 2.59. The number of fused-ring (bicyclic) bond motifs is 1. The molecule has 12 heavy (non-hydrogen) atoms. The molecule has 2 N–H and O–H groups in total. The number of aromatic nitrogens is 2. The van der Waals surface area contributed by atoms with Crippen LogP contribution in [0.5, 0.6) is 0 Å². The van der Waals surface area contributed by atoms with E-state index < -0.39 is 0 Å². The van der Waals surface area contributed by atoms with E-state index in [2.05, 4.69) is 29.0 Å². The first kappa shape index (κ1) is 7.28. The maximum absolute atomic E-state index is 5.50. The highest BCUT2D eigenvalue weighted by Crippen LogP contribution is 2.26. The maximum Gasteiger partial charge on any atom is 0.220 e. The Morgan fingerprint density at radius 3 is 3.25 bits per heavy atom. The zero-order valence-electron chi connectivity index (χ0n) is 6.99. The Morgan fingerprint density at radius 2 is 2.42 bits per heavy atom. The summed E-state index contributed by atoms with van der Waals surface area (Å²) in [5.41, 5.74) is 7.67.